The molecule has 3 heterocycles. The largest absolute Gasteiger partial charge is 0.336 e. The Hall–Kier alpha value is -1.40. The van der Waals surface area contributed by atoms with Crippen LogP contribution in [0, 0.1) is 6.92 Å². The van der Waals surface area contributed by atoms with Gasteiger partial charge in [0.05, 0.1) is 5.52 Å². The molecule has 1 atom stereocenters. The topological polar surface area (TPSA) is 48.5 Å². The Morgan fingerprint density at radius 3 is 2.65 bits per heavy atom. The second-order valence-electron chi connectivity index (χ2n) is 6.82. The molecule has 1 N–H and O–H groups in total. The van der Waals surface area contributed by atoms with Crippen molar-refractivity contribution in [1.29, 1.82) is 0 Å². The SMILES string of the molecule is Cc1cc(C(=O)N2CCC(N3CCNCC3)C2)nc2ccccc12.Cl.Cl. The normalized spacial score (nSPS) is 20.5. The molecule has 0 radical (unpaired) electrons. The van der Waals surface area contributed by atoms with Crippen LogP contribution in [0.15, 0.2) is 30.3 Å². The number of carbonyl (C=O) groups is 1. The number of nitrogens with one attached hydrogen (secondary N) is 1. The number of piperazine rings is 1. The third-order valence-corrected chi connectivity index (χ3v) is 5.26. The van der Waals surface area contributed by atoms with E-state index in [1.165, 1.54) is 0 Å². The lowest BCUT2D eigenvalue weighted by atomic mass is 10.1. The van der Waals surface area contributed by atoms with Crippen molar-refractivity contribution >= 4 is 41.6 Å². The number of pyridine rings is 1. The molecule has 1 aromatic carbocycles. The summed E-state index contributed by atoms with van der Waals surface area (Å²) in [4.78, 5) is 22.0. The first-order valence-corrected chi connectivity index (χ1v) is 8.83. The van der Waals surface area contributed by atoms with Gasteiger partial charge in [0, 0.05) is 50.7 Å². The molecule has 0 spiro atoms. The van der Waals surface area contributed by atoms with E-state index in [-0.39, 0.29) is 30.7 Å². The molecule has 7 heteroatoms. The van der Waals surface area contributed by atoms with Crippen LogP contribution < -0.4 is 5.32 Å². The number of aryl methyl sites for hydroxylation is 1. The summed E-state index contributed by atoms with van der Waals surface area (Å²) >= 11 is 0. The summed E-state index contributed by atoms with van der Waals surface area (Å²) in [5.41, 5.74) is 2.59. The molecule has 2 aromatic rings. The molecule has 1 unspecified atom stereocenters. The summed E-state index contributed by atoms with van der Waals surface area (Å²) in [5, 5.41) is 4.51. The van der Waals surface area contributed by atoms with Gasteiger partial charge in [-0.1, -0.05) is 18.2 Å². The molecule has 142 valence electrons. The Balaban J connectivity index is 0.00000121. The number of likely N-dealkylation sites (tertiary alicyclic amines) is 1. The number of amides is 1. The highest BCUT2D eigenvalue weighted by Crippen LogP contribution is 2.21. The van der Waals surface area contributed by atoms with Crippen molar-refractivity contribution in [2.45, 2.75) is 19.4 Å². The zero-order valence-electron chi connectivity index (χ0n) is 15.0. The van der Waals surface area contributed by atoms with Gasteiger partial charge in [0.15, 0.2) is 0 Å². The fourth-order valence-electron chi connectivity index (χ4n) is 3.89. The molecule has 0 bridgehead atoms. The highest BCUT2D eigenvalue weighted by Gasteiger charge is 2.31. The van der Waals surface area contributed by atoms with Gasteiger partial charge in [0.1, 0.15) is 5.69 Å². The molecule has 5 nitrogen and oxygen atoms in total. The van der Waals surface area contributed by atoms with Crippen molar-refractivity contribution in [2.75, 3.05) is 39.3 Å². The van der Waals surface area contributed by atoms with Crippen LogP contribution in [0.4, 0.5) is 0 Å². The van der Waals surface area contributed by atoms with Crippen molar-refractivity contribution in [2.24, 2.45) is 0 Å². The summed E-state index contributed by atoms with van der Waals surface area (Å²) in [6.45, 7) is 7.98. The molecule has 2 saturated heterocycles. The first-order chi connectivity index (χ1) is 11.7. The fourth-order valence-corrected chi connectivity index (χ4v) is 3.89. The molecule has 2 fully saturated rings. The van der Waals surface area contributed by atoms with Crippen molar-refractivity contribution in [3.8, 4) is 0 Å². The van der Waals surface area contributed by atoms with E-state index in [0.717, 1.165) is 62.2 Å². The molecule has 26 heavy (non-hydrogen) atoms. The molecule has 2 aliphatic rings. The van der Waals surface area contributed by atoms with E-state index in [0.29, 0.717) is 11.7 Å². The molecular formula is C19H26Cl2N4O. The quantitative estimate of drug-likeness (QED) is 0.846. The van der Waals surface area contributed by atoms with Gasteiger partial charge in [-0.3, -0.25) is 9.69 Å². The molecule has 0 saturated carbocycles. The Bertz CT molecular complexity index is 764. The van der Waals surface area contributed by atoms with Gasteiger partial charge < -0.3 is 10.2 Å². The van der Waals surface area contributed by atoms with Gasteiger partial charge in [-0.05, 0) is 31.0 Å². The molecular weight excluding hydrogens is 371 g/mol. The summed E-state index contributed by atoms with van der Waals surface area (Å²) in [5.74, 6) is 0.0708. The van der Waals surface area contributed by atoms with E-state index in [9.17, 15) is 4.79 Å². The zero-order valence-corrected chi connectivity index (χ0v) is 16.6. The van der Waals surface area contributed by atoms with E-state index in [4.69, 9.17) is 0 Å². The second-order valence-corrected chi connectivity index (χ2v) is 6.82. The van der Waals surface area contributed by atoms with Crippen molar-refractivity contribution < 1.29 is 4.79 Å². The number of para-hydroxylation sites is 1. The number of fused-ring (bicyclic) bond motifs is 1. The third kappa shape index (κ3) is 4.12. The van der Waals surface area contributed by atoms with Crippen molar-refractivity contribution in [3.05, 3.63) is 41.6 Å². The second kappa shape index (κ2) is 9.00. The van der Waals surface area contributed by atoms with Crippen LogP contribution in [0.3, 0.4) is 0 Å². The van der Waals surface area contributed by atoms with E-state index in [1.54, 1.807) is 0 Å². The maximum atomic E-state index is 12.9. The highest BCUT2D eigenvalue weighted by atomic mass is 35.5. The van der Waals surface area contributed by atoms with Crippen LogP contribution in [0.25, 0.3) is 10.9 Å². The first kappa shape index (κ1) is 20.9. The van der Waals surface area contributed by atoms with Gasteiger partial charge >= 0.3 is 0 Å². The van der Waals surface area contributed by atoms with Crippen LogP contribution in [-0.4, -0.2) is 66.0 Å². The number of hydrogen-bond acceptors (Lipinski definition) is 4. The lowest BCUT2D eigenvalue weighted by Gasteiger charge is -2.32. The van der Waals surface area contributed by atoms with Crippen molar-refractivity contribution in [1.82, 2.24) is 20.1 Å². The Kier molecular flexibility index (Phi) is 7.24. The van der Waals surface area contributed by atoms with Crippen LogP contribution in [0.5, 0.6) is 0 Å². The van der Waals surface area contributed by atoms with Crippen molar-refractivity contribution in [3.63, 3.8) is 0 Å². The predicted molar refractivity (Wildman–Crippen MR) is 110 cm³/mol. The molecule has 1 amide bonds. The third-order valence-electron chi connectivity index (χ3n) is 5.26. The van der Waals surface area contributed by atoms with Crippen LogP contribution >= 0.6 is 24.8 Å². The Morgan fingerprint density at radius 2 is 1.88 bits per heavy atom. The van der Waals surface area contributed by atoms with Gasteiger partial charge in [-0.15, -0.1) is 24.8 Å². The minimum Gasteiger partial charge on any atom is -0.336 e. The minimum atomic E-state index is 0. The Labute approximate surface area is 167 Å². The number of carbonyl (C=O) groups excluding carboxylic acids is 1. The summed E-state index contributed by atoms with van der Waals surface area (Å²) in [7, 11) is 0. The molecule has 2 aliphatic heterocycles. The number of hydrogen-bond donors (Lipinski definition) is 1. The maximum Gasteiger partial charge on any atom is 0.272 e. The van der Waals surface area contributed by atoms with Gasteiger partial charge in [0.25, 0.3) is 5.91 Å². The number of rotatable bonds is 2. The molecule has 4 rings (SSSR count). The standard InChI is InChI=1S/C19H24N4O.2ClH/c1-14-12-18(21-17-5-3-2-4-16(14)17)19(24)23-9-6-15(13-23)22-10-7-20-8-11-22;;/h2-5,12,15,20H,6-11,13H2,1H3;2*1H. The smallest absolute Gasteiger partial charge is 0.272 e. The number of benzene rings is 1. The van der Waals surface area contributed by atoms with Crippen LogP contribution in [-0.2, 0) is 0 Å². The van der Waals surface area contributed by atoms with E-state index < -0.39 is 0 Å². The maximum absolute atomic E-state index is 12.9. The monoisotopic (exact) mass is 396 g/mol. The summed E-state index contributed by atoms with van der Waals surface area (Å²) < 4.78 is 0. The fraction of sp³-hybridized carbons (Fsp3) is 0.474. The minimum absolute atomic E-state index is 0. The average molecular weight is 397 g/mol. The number of aromatic nitrogens is 1. The summed E-state index contributed by atoms with van der Waals surface area (Å²) in [6, 6.07) is 10.5. The summed E-state index contributed by atoms with van der Waals surface area (Å²) in [6.07, 6.45) is 1.07. The van der Waals surface area contributed by atoms with E-state index in [1.807, 2.05) is 36.1 Å². The lowest BCUT2D eigenvalue weighted by Crippen LogP contribution is -2.49. The van der Waals surface area contributed by atoms with Gasteiger partial charge in [-0.2, -0.15) is 0 Å². The number of nitrogens with zero attached hydrogens (tertiary/aromatic N) is 3. The average Bonchev–Trinajstić information content (AvgIpc) is 3.12. The lowest BCUT2D eigenvalue weighted by molar-refractivity contribution is 0.0768. The van der Waals surface area contributed by atoms with Crippen LogP contribution in [0.2, 0.25) is 0 Å². The van der Waals surface area contributed by atoms with Gasteiger partial charge in [-0.25, -0.2) is 4.98 Å². The first-order valence-electron chi connectivity index (χ1n) is 8.83. The number of halogens is 2. The predicted octanol–water partition coefficient (Wildman–Crippen LogP) is 2.51. The van der Waals surface area contributed by atoms with Gasteiger partial charge in [0.2, 0.25) is 0 Å². The molecule has 1 aromatic heterocycles. The van der Waals surface area contributed by atoms with Crippen LogP contribution in [0.1, 0.15) is 22.5 Å². The Morgan fingerprint density at radius 1 is 1.15 bits per heavy atom. The highest BCUT2D eigenvalue weighted by molar-refractivity contribution is 5.96. The zero-order chi connectivity index (χ0) is 16.5. The van der Waals surface area contributed by atoms with E-state index >= 15 is 0 Å². The molecule has 0 aliphatic carbocycles. The van der Waals surface area contributed by atoms with E-state index in [2.05, 4.69) is 21.3 Å².